The highest BCUT2D eigenvalue weighted by molar-refractivity contribution is 4.67. The van der Waals surface area contributed by atoms with Crippen molar-refractivity contribution in [3.05, 3.63) is 0 Å². The predicted molar refractivity (Wildman–Crippen MR) is 49.2 cm³/mol. The second kappa shape index (κ2) is 7.21. The van der Waals surface area contributed by atoms with Gasteiger partial charge in [0.05, 0.1) is 6.10 Å². The van der Waals surface area contributed by atoms with Gasteiger partial charge in [0.1, 0.15) is 6.61 Å². The highest BCUT2D eigenvalue weighted by Gasteiger charge is 2.13. The lowest BCUT2D eigenvalue weighted by Crippen LogP contribution is -2.38. The zero-order valence-electron chi connectivity index (χ0n) is 8.52. The van der Waals surface area contributed by atoms with E-state index < -0.39 is 13.0 Å². The molecule has 0 bridgehead atoms. The fraction of sp³-hybridized carbons (Fsp3) is 1.00. The van der Waals surface area contributed by atoms with Gasteiger partial charge in [0.25, 0.3) is 6.43 Å². The van der Waals surface area contributed by atoms with Crippen molar-refractivity contribution in [1.82, 2.24) is 5.32 Å². The van der Waals surface area contributed by atoms with Crippen molar-refractivity contribution in [3.63, 3.8) is 0 Å². The quantitative estimate of drug-likeness (QED) is 0.671. The van der Waals surface area contributed by atoms with Gasteiger partial charge in [0, 0.05) is 6.04 Å². The Hall–Kier alpha value is -0.220. The van der Waals surface area contributed by atoms with Gasteiger partial charge in [0.2, 0.25) is 0 Å². The van der Waals surface area contributed by atoms with Crippen LogP contribution in [0, 0.1) is 0 Å². The molecule has 0 saturated carbocycles. The smallest absolute Gasteiger partial charge is 0.261 e. The number of halogens is 2. The van der Waals surface area contributed by atoms with Gasteiger partial charge in [-0.2, -0.15) is 0 Å². The molecule has 0 aromatic rings. The Kier molecular flexibility index (Phi) is 7.09. The van der Waals surface area contributed by atoms with Crippen LogP contribution in [0.3, 0.4) is 0 Å². The van der Waals surface area contributed by atoms with E-state index in [-0.39, 0.29) is 12.1 Å². The van der Waals surface area contributed by atoms with Gasteiger partial charge in [-0.3, -0.25) is 0 Å². The Morgan fingerprint density at radius 1 is 1.31 bits per heavy atom. The Morgan fingerprint density at radius 2 is 1.92 bits per heavy atom. The zero-order valence-corrected chi connectivity index (χ0v) is 8.52. The molecule has 2 unspecified atom stereocenters. The van der Waals surface area contributed by atoms with Crippen LogP contribution >= 0.6 is 0 Å². The molecule has 0 fully saturated rings. The first kappa shape index (κ1) is 12.8. The molecule has 0 heterocycles. The molecular formula is C9H19F2NO. The molecule has 0 aromatic heterocycles. The third-order valence-electron chi connectivity index (χ3n) is 1.91. The molecule has 0 saturated heterocycles. The summed E-state index contributed by atoms with van der Waals surface area (Å²) < 4.78 is 28.5. The van der Waals surface area contributed by atoms with Gasteiger partial charge in [-0.1, -0.05) is 6.92 Å². The van der Waals surface area contributed by atoms with Crippen molar-refractivity contribution in [1.29, 1.82) is 0 Å². The molecule has 2 atom stereocenters. The molecule has 0 aromatic carbocycles. The molecule has 4 heteroatoms. The molecule has 1 N–H and O–H groups in total. The largest absolute Gasteiger partial charge is 0.371 e. The summed E-state index contributed by atoms with van der Waals surface area (Å²) in [5.74, 6) is 0. The van der Waals surface area contributed by atoms with Gasteiger partial charge in [-0.05, 0) is 26.8 Å². The molecule has 2 nitrogen and oxygen atoms in total. The molecule has 0 aliphatic rings. The normalized spacial score (nSPS) is 16.2. The highest BCUT2D eigenvalue weighted by atomic mass is 19.3. The third kappa shape index (κ3) is 6.90. The van der Waals surface area contributed by atoms with Crippen molar-refractivity contribution >= 4 is 0 Å². The summed E-state index contributed by atoms with van der Waals surface area (Å²) in [6.45, 7) is 6.22. The van der Waals surface area contributed by atoms with E-state index in [0.29, 0.717) is 0 Å². The second-order valence-corrected chi connectivity index (χ2v) is 3.17. The monoisotopic (exact) mass is 195 g/mol. The number of alkyl halides is 2. The van der Waals surface area contributed by atoms with Crippen LogP contribution in [0.25, 0.3) is 0 Å². The zero-order chi connectivity index (χ0) is 10.3. The van der Waals surface area contributed by atoms with Crippen LogP contribution < -0.4 is 5.32 Å². The molecule has 0 amide bonds. The molecular weight excluding hydrogens is 176 g/mol. The van der Waals surface area contributed by atoms with Crippen molar-refractivity contribution in [2.24, 2.45) is 0 Å². The minimum atomic E-state index is -2.37. The predicted octanol–water partition coefficient (Wildman–Crippen LogP) is 2.04. The fourth-order valence-electron chi connectivity index (χ4n) is 0.907. The van der Waals surface area contributed by atoms with Crippen LogP contribution in [-0.4, -0.2) is 31.7 Å². The van der Waals surface area contributed by atoms with Crippen LogP contribution in [0.5, 0.6) is 0 Å². The molecule has 80 valence electrons. The Labute approximate surface area is 78.7 Å². The summed E-state index contributed by atoms with van der Waals surface area (Å²) in [4.78, 5) is 0. The lowest BCUT2D eigenvalue weighted by molar-refractivity contribution is -0.0280. The first-order valence-corrected chi connectivity index (χ1v) is 4.71. The summed E-state index contributed by atoms with van der Waals surface area (Å²) in [6, 6.07) is 0.124. The van der Waals surface area contributed by atoms with E-state index in [1.54, 1.807) is 6.92 Å². The van der Waals surface area contributed by atoms with E-state index in [0.717, 1.165) is 13.0 Å². The Morgan fingerprint density at radius 3 is 2.38 bits per heavy atom. The second-order valence-electron chi connectivity index (χ2n) is 3.17. The molecule has 0 aliphatic carbocycles. The van der Waals surface area contributed by atoms with E-state index in [1.165, 1.54) is 0 Å². The average molecular weight is 195 g/mol. The van der Waals surface area contributed by atoms with Crippen LogP contribution in [0.1, 0.15) is 27.2 Å². The number of hydrogen-bond acceptors (Lipinski definition) is 2. The van der Waals surface area contributed by atoms with E-state index in [1.807, 2.05) is 6.92 Å². The van der Waals surface area contributed by atoms with Crippen LogP contribution in [-0.2, 0) is 4.74 Å². The van der Waals surface area contributed by atoms with Crippen molar-refractivity contribution < 1.29 is 13.5 Å². The fourth-order valence-corrected chi connectivity index (χ4v) is 0.907. The first-order chi connectivity index (χ1) is 6.07. The van der Waals surface area contributed by atoms with Crippen LogP contribution in [0.2, 0.25) is 0 Å². The summed E-state index contributed by atoms with van der Waals surface area (Å²) in [7, 11) is 0. The maximum atomic E-state index is 11.8. The number of rotatable bonds is 7. The first-order valence-electron chi connectivity index (χ1n) is 4.71. The van der Waals surface area contributed by atoms with Crippen LogP contribution in [0.4, 0.5) is 8.78 Å². The van der Waals surface area contributed by atoms with Crippen LogP contribution in [0.15, 0.2) is 0 Å². The Bertz CT molecular complexity index is 122. The van der Waals surface area contributed by atoms with E-state index in [9.17, 15) is 8.78 Å². The van der Waals surface area contributed by atoms with Gasteiger partial charge in [-0.15, -0.1) is 0 Å². The minimum absolute atomic E-state index is 0.124. The van der Waals surface area contributed by atoms with Crippen molar-refractivity contribution in [2.45, 2.75) is 45.8 Å². The molecule has 0 aliphatic heterocycles. The van der Waals surface area contributed by atoms with E-state index in [2.05, 4.69) is 12.2 Å². The van der Waals surface area contributed by atoms with Gasteiger partial charge >= 0.3 is 0 Å². The highest BCUT2D eigenvalue weighted by Crippen LogP contribution is 2.01. The van der Waals surface area contributed by atoms with E-state index in [4.69, 9.17) is 4.74 Å². The molecule has 0 spiro atoms. The summed E-state index contributed by atoms with van der Waals surface area (Å²) >= 11 is 0. The Balaban J connectivity index is 3.50. The SMILES string of the molecule is CCCNC(C)C(C)OCC(F)F. The molecule has 13 heavy (non-hydrogen) atoms. The lowest BCUT2D eigenvalue weighted by Gasteiger charge is -2.21. The third-order valence-corrected chi connectivity index (χ3v) is 1.91. The number of ether oxygens (including phenoxy) is 1. The summed E-state index contributed by atoms with van der Waals surface area (Å²) in [5, 5.41) is 3.19. The minimum Gasteiger partial charge on any atom is -0.371 e. The maximum Gasteiger partial charge on any atom is 0.261 e. The van der Waals surface area contributed by atoms with Gasteiger partial charge in [0.15, 0.2) is 0 Å². The topological polar surface area (TPSA) is 21.3 Å². The average Bonchev–Trinajstić information content (AvgIpc) is 2.10. The maximum absolute atomic E-state index is 11.8. The van der Waals surface area contributed by atoms with Crippen molar-refractivity contribution in [3.8, 4) is 0 Å². The van der Waals surface area contributed by atoms with E-state index >= 15 is 0 Å². The standard InChI is InChI=1S/C9H19F2NO/c1-4-5-12-7(2)8(3)13-6-9(10)11/h7-9,12H,4-6H2,1-3H3. The van der Waals surface area contributed by atoms with Crippen molar-refractivity contribution in [2.75, 3.05) is 13.2 Å². The number of hydrogen-bond donors (Lipinski definition) is 1. The number of nitrogens with one attached hydrogen (secondary N) is 1. The van der Waals surface area contributed by atoms with Gasteiger partial charge in [-0.25, -0.2) is 8.78 Å². The molecule has 0 rings (SSSR count). The molecule has 0 radical (unpaired) electrons. The summed E-state index contributed by atoms with van der Waals surface area (Å²) in [5.41, 5.74) is 0. The lowest BCUT2D eigenvalue weighted by atomic mass is 10.2. The summed E-state index contributed by atoms with van der Waals surface area (Å²) in [6.07, 6.45) is -1.51. The van der Waals surface area contributed by atoms with Gasteiger partial charge < -0.3 is 10.1 Å².